The summed E-state index contributed by atoms with van der Waals surface area (Å²) in [6.07, 6.45) is 1.77. The highest BCUT2D eigenvalue weighted by Crippen LogP contribution is 2.30. The first-order valence-corrected chi connectivity index (χ1v) is 7.41. The molecule has 0 aromatic heterocycles. The summed E-state index contributed by atoms with van der Waals surface area (Å²) in [5, 5.41) is 12.2. The van der Waals surface area contributed by atoms with Gasteiger partial charge < -0.3 is 5.11 Å². The predicted molar refractivity (Wildman–Crippen MR) is 93.7 cm³/mol. The monoisotopic (exact) mass is 284 g/mol. The standard InChI is InChI=1S/C12H12.C8H16O/c1-9-5-3-8-12-10(2)6-4-7-11(9)12;1-6-7(2,3)8(4,5)9/h3-8H,1-2H3;6,9H,1H2,2-5H3. The Balaban J connectivity index is 0.000000222. The second-order valence-electron chi connectivity index (χ2n) is 6.73. The summed E-state index contributed by atoms with van der Waals surface area (Å²) < 4.78 is 0. The highest BCUT2D eigenvalue weighted by molar-refractivity contribution is 5.88. The van der Waals surface area contributed by atoms with Crippen LogP contribution in [0, 0.1) is 19.3 Å². The second kappa shape index (κ2) is 6.44. The molecule has 21 heavy (non-hydrogen) atoms. The van der Waals surface area contributed by atoms with Crippen LogP contribution in [-0.2, 0) is 0 Å². The van der Waals surface area contributed by atoms with Gasteiger partial charge in [0, 0.05) is 5.41 Å². The zero-order valence-corrected chi connectivity index (χ0v) is 14.2. The Morgan fingerprint density at radius 3 is 1.48 bits per heavy atom. The maximum absolute atomic E-state index is 9.47. The maximum atomic E-state index is 9.47. The van der Waals surface area contributed by atoms with Gasteiger partial charge in [-0.15, -0.1) is 6.58 Å². The van der Waals surface area contributed by atoms with Gasteiger partial charge in [0.05, 0.1) is 5.60 Å². The van der Waals surface area contributed by atoms with Crippen molar-refractivity contribution in [2.45, 2.75) is 47.1 Å². The van der Waals surface area contributed by atoms with Crippen LogP contribution in [0.2, 0.25) is 0 Å². The first kappa shape index (κ1) is 17.5. The third-order valence-corrected chi connectivity index (χ3v) is 4.45. The molecule has 0 aliphatic carbocycles. The van der Waals surface area contributed by atoms with Gasteiger partial charge in [-0.2, -0.15) is 0 Å². The normalized spacial score (nSPS) is 11.8. The zero-order valence-electron chi connectivity index (χ0n) is 14.2. The Kier molecular flexibility index (Phi) is 5.36. The molecule has 1 N–H and O–H groups in total. The van der Waals surface area contributed by atoms with E-state index in [2.05, 4.69) is 56.8 Å². The van der Waals surface area contributed by atoms with Gasteiger partial charge in [-0.25, -0.2) is 0 Å². The van der Waals surface area contributed by atoms with E-state index in [1.165, 1.54) is 21.9 Å². The third-order valence-electron chi connectivity index (χ3n) is 4.45. The number of hydrogen-bond acceptors (Lipinski definition) is 1. The van der Waals surface area contributed by atoms with E-state index in [-0.39, 0.29) is 5.41 Å². The number of hydrogen-bond donors (Lipinski definition) is 1. The van der Waals surface area contributed by atoms with Gasteiger partial charge in [0.25, 0.3) is 0 Å². The summed E-state index contributed by atoms with van der Waals surface area (Å²) in [6.45, 7) is 15.4. The van der Waals surface area contributed by atoms with Gasteiger partial charge in [0.1, 0.15) is 0 Å². The largest absolute Gasteiger partial charge is 0.390 e. The molecule has 1 nitrogen and oxygen atoms in total. The summed E-state index contributed by atoms with van der Waals surface area (Å²) in [7, 11) is 0. The fraction of sp³-hybridized carbons (Fsp3) is 0.400. The minimum atomic E-state index is -0.672. The first-order chi connectivity index (χ1) is 9.60. The second-order valence-corrected chi connectivity index (χ2v) is 6.73. The molecule has 0 spiro atoms. The van der Waals surface area contributed by atoms with Crippen molar-refractivity contribution in [2.75, 3.05) is 0 Å². The molecule has 0 radical (unpaired) electrons. The van der Waals surface area contributed by atoms with Crippen LogP contribution in [0.4, 0.5) is 0 Å². The quantitative estimate of drug-likeness (QED) is 0.729. The Bertz CT molecular complexity index is 574. The van der Waals surface area contributed by atoms with Gasteiger partial charge in [-0.3, -0.25) is 0 Å². The SMILES string of the molecule is C=CC(C)(C)C(C)(C)O.Cc1cccc2c(C)cccc12. The fourth-order valence-electron chi connectivity index (χ4n) is 1.87. The first-order valence-electron chi connectivity index (χ1n) is 7.41. The van der Waals surface area contributed by atoms with Crippen molar-refractivity contribution in [1.29, 1.82) is 0 Å². The molecule has 0 fully saturated rings. The number of rotatable bonds is 2. The molecule has 0 unspecified atom stereocenters. The summed E-state index contributed by atoms with van der Waals surface area (Å²) in [5.41, 5.74) is 1.84. The topological polar surface area (TPSA) is 20.2 Å². The van der Waals surface area contributed by atoms with Gasteiger partial charge in [-0.1, -0.05) is 56.3 Å². The molecule has 1 heteroatoms. The van der Waals surface area contributed by atoms with Gasteiger partial charge >= 0.3 is 0 Å². The van der Waals surface area contributed by atoms with E-state index < -0.39 is 5.60 Å². The van der Waals surface area contributed by atoms with Crippen molar-refractivity contribution >= 4 is 10.8 Å². The van der Waals surface area contributed by atoms with E-state index in [9.17, 15) is 5.11 Å². The van der Waals surface area contributed by atoms with Crippen molar-refractivity contribution in [3.8, 4) is 0 Å². The van der Waals surface area contributed by atoms with Crippen LogP contribution in [0.5, 0.6) is 0 Å². The van der Waals surface area contributed by atoms with Crippen LogP contribution >= 0.6 is 0 Å². The van der Waals surface area contributed by atoms with E-state index in [0.29, 0.717) is 0 Å². The van der Waals surface area contributed by atoms with Crippen molar-refractivity contribution in [3.05, 3.63) is 60.2 Å². The molecular weight excluding hydrogens is 256 g/mol. The molecule has 0 amide bonds. The van der Waals surface area contributed by atoms with Crippen LogP contribution in [-0.4, -0.2) is 10.7 Å². The Hall–Kier alpha value is -1.60. The highest BCUT2D eigenvalue weighted by Gasteiger charge is 2.31. The van der Waals surface area contributed by atoms with Crippen molar-refractivity contribution in [2.24, 2.45) is 5.41 Å². The summed E-state index contributed by atoms with van der Waals surface area (Å²) in [6, 6.07) is 12.9. The summed E-state index contributed by atoms with van der Waals surface area (Å²) in [5.74, 6) is 0. The van der Waals surface area contributed by atoms with Crippen molar-refractivity contribution < 1.29 is 5.11 Å². The fourth-order valence-corrected chi connectivity index (χ4v) is 1.87. The molecule has 114 valence electrons. The van der Waals surface area contributed by atoms with Crippen LogP contribution < -0.4 is 0 Å². The lowest BCUT2D eigenvalue weighted by molar-refractivity contribution is -0.00719. The van der Waals surface area contributed by atoms with Gasteiger partial charge in [0.2, 0.25) is 0 Å². The maximum Gasteiger partial charge on any atom is 0.0676 e. The Morgan fingerprint density at radius 2 is 1.24 bits per heavy atom. The number of fused-ring (bicyclic) bond motifs is 1. The molecule has 2 rings (SSSR count). The molecule has 0 saturated carbocycles. The van der Waals surface area contributed by atoms with E-state index in [1.807, 2.05) is 13.8 Å². The molecule has 2 aromatic carbocycles. The van der Waals surface area contributed by atoms with Gasteiger partial charge in [0.15, 0.2) is 0 Å². The zero-order chi connectivity index (χ0) is 16.3. The Labute approximate surface area is 129 Å². The molecule has 0 atom stereocenters. The van der Waals surface area contributed by atoms with Crippen molar-refractivity contribution in [1.82, 2.24) is 0 Å². The number of benzene rings is 2. The molecule has 0 aliphatic rings. The van der Waals surface area contributed by atoms with E-state index in [0.717, 1.165) is 0 Å². The number of aliphatic hydroxyl groups is 1. The smallest absolute Gasteiger partial charge is 0.0676 e. The lowest BCUT2D eigenvalue weighted by Crippen LogP contribution is -2.36. The lowest BCUT2D eigenvalue weighted by Gasteiger charge is -2.34. The van der Waals surface area contributed by atoms with Crippen molar-refractivity contribution in [3.63, 3.8) is 0 Å². The van der Waals surface area contributed by atoms with Crippen LogP contribution in [0.3, 0.4) is 0 Å². The molecule has 0 aliphatic heterocycles. The number of aryl methyl sites for hydroxylation is 2. The van der Waals surface area contributed by atoms with E-state index in [1.54, 1.807) is 19.9 Å². The molecular formula is C20H28O. The Morgan fingerprint density at radius 1 is 0.857 bits per heavy atom. The third kappa shape index (κ3) is 4.18. The van der Waals surface area contributed by atoms with Crippen LogP contribution in [0.15, 0.2) is 49.1 Å². The average Bonchev–Trinajstić information content (AvgIpc) is 2.40. The van der Waals surface area contributed by atoms with Gasteiger partial charge in [-0.05, 0) is 49.6 Å². The van der Waals surface area contributed by atoms with E-state index in [4.69, 9.17) is 0 Å². The molecule has 2 aromatic rings. The minimum absolute atomic E-state index is 0.201. The minimum Gasteiger partial charge on any atom is -0.390 e. The predicted octanol–water partition coefficient (Wildman–Crippen LogP) is 5.43. The van der Waals surface area contributed by atoms with Crippen LogP contribution in [0.25, 0.3) is 10.8 Å². The molecule has 0 bridgehead atoms. The summed E-state index contributed by atoms with van der Waals surface area (Å²) in [4.78, 5) is 0. The highest BCUT2D eigenvalue weighted by atomic mass is 16.3. The summed E-state index contributed by atoms with van der Waals surface area (Å²) >= 11 is 0. The van der Waals surface area contributed by atoms with Crippen LogP contribution in [0.1, 0.15) is 38.8 Å². The average molecular weight is 284 g/mol. The lowest BCUT2D eigenvalue weighted by atomic mass is 9.78. The van der Waals surface area contributed by atoms with E-state index >= 15 is 0 Å². The molecule has 0 saturated heterocycles. The molecule has 0 heterocycles.